The molecular formula is C10H10F3N3O3. The van der Waals surface area contributed by atoms with Crippen LogP contribution in [-0.4, -0.2) is 25.2 Å². The van der Waals surface area contributed by atoms with E-state index in [9.17, 15) is 22.8 Å². The maximum atomic E-state index is 12.1. The van der Waals surface area contributed by atoms with Gasteiger partial charge in [-0.1, -0.05) is 12.1 Å². The first-order valence-corrected chi connectivity index (χ1v) is 4.99. The highest BCUT2D eigenvalue weighted by atomic mass is 19.4. The van der Waals surface area contributed by atoms with Crippen molar-refractivity contribution in [1.82, 2.24) is 10.7 Å². The summed E-state index contributed by atoms with van der Waals surface area (Å²) in [5.41, 5.74) is 4.30. The summed E-state index contributed by atoms with van der Waals surface area (Å²) >= 11 is 0. The highest BCUT2D eigenvalue weighted by Crippen LogP contribution is 2.29. The second kappa shape index (κ2) is 6.47. The zero-order valence-electron chi connectivity index (χ0n) is 9.45. The normalized spacial score (nSPS) is 10.5. The Kier molecular flexibility index (Phi) is 4.98. The maximum absolute atomic E-state index is 12.1. The molecule has 0 radical (unpaired) electrons. The number of amides is 2. The van der Waals surface area contributed by atoms with Crippen LogP contribution in [0.1, 0.15) is 0 Å². The van der Waals surface area contributed by atoms with Crippen molar-refractivity contribution < 1.29 is 27.5 Å². The van der Waals surface area contributed by atoms with E-state index in [4.69, 9.17) is 0 Å². The minimum atomic E-state index is -4.83. The van der Waals surface area contributed by atoms with Crippen molar-refractivity contribution in [3.8, 4) is 5.75 Å². The summed E-state index contributed by atoms with van der Waals surface area (Å²) < 4.78 is 40.1. The smallest absolute Gasteiger partial charge is 0.404 e. The molecule has 0 unspecified atom stereocenters. The lowest BCUT2D eigenvalue weighted by Crippen LogP contribution is -2.37. The molecule has 0 aromatic heterocycles. The van der Waals surface area contributed by atoms with Crippen LogP contribution in [0.5, 0.6) is 5.75 Å². The molecule has 6 nitrogen and oxygen atoms in total. The van der Waals surface area contributed by atoms with Gasteiger partial charge in [0, 0.05) is 0 Å². The number of nitrogens with one attached hydrogen (secondary N) is 3. The van der Waals surface area contributed by atoms with Crippen molar-refractivity contribution in [3.05, 3.63) is 24.3 Å². The van der Waals surface area contributed by atoms with Crippen LogP contribution in [0.25, 0.3) is 0 Å². The minimum absolute atomic E-state index is 0.0701. The Morgan fingerprint density at radius 1 is 1.32 bits per heavy atom. The molecule has 2 amide bonds. The first-order chi connectivity index (χ1) is 8.92. The van der Waals surface area contributed by atoms with E-state index in [1.165, 1.54) is 18.2 Å². The Hall–Kier alpha value is -2.45. The molecular weight excluding hydrogens is 267 g/mol. The van der Waals surface area contributed by atoms with Crippen LogP contribution in [0.4, 0.5) is 18.9 Å². The molecule has 1 aromatic carbocycles. The summed E-state index contributed by atoms with van der Waals surface area (Å²) in [7, 11) is 0. The number of halogens is 3. The average Bonchev–Trinajstić information content (AvgIpc) is 2.33. The lowest BCUT2D eigenvalue weighted by Gasteiger charge is -2.14. The molecule has 0 saturated carbocycles. The summed E-state index contributed by atoms with van der Waals surface area (Å²) in [5.74, 6) is -1.12. The van der Waals surface area contributed by atoms with Crippen molar-refractivity contribution in [2.45, 2.75) is 6.36 Å². The lowest BCUT2D eigenvalue weighted by molar-refractivity contribution is -0.274. The van der Waals surface area contributed by atoms with E-state index < -0.39 is 18.0 Å². The molecule has 3 N–H and O–H groups in total. The fourth-order valence-electron chi connectivity index (χ4n) is 1.10. The summed E-state index contributed by atoms with van der Waals surface area (Å²) in [5, 5.41) is 2.09. The van der Waals surface area contributed by atoms with Crippen LogP contribution in [0.2, 0.25) is 0 Å². The van der Waals surface area contributed by atoms with Crippen molar-refractivity contribution >= 4 is 18.0 Å². The molecule has 19 heavy (non-hydrogen) atoms. The van der Waals surface area contributed by atoms with Gasteiger partial charge < -0.3 is 10.1 Å². The highest BCUT2D eigenvalue weighted by Gasteiger charge is 2.32. The van der Waals surface area contributed by atoms with Gasteiger partial charge in [-0.15, -0.1) is 13.2 Å². The first-order valence-electron chi connectivity index (χ1n) is 4.99. The van der Waals surface area contributed by atoms with Crippen LogP contribution in [0.15, 0.2) is 24.3 Å². The fraction of sp³-hybridized carbons (Fsp3) is 0.200. The molecule has 1 rings (SSSR count). The number of rotatable bonds is 6. The molecule has 1 aromatic rings. The quantitative estimate of drug-likeness (QED) is 0.530. The Morgan fingerprint density at radius 2 is 2.00 bits per heavy atom. The van der Waals surface area contributed by atoms with Crippen molar-refractivity contribution in [1.29, 1.82) is 0 Å². The van der Waals surface area contributed by atoms with Gasteiger partial charge in [-0.05, 0) is 12.1 Å². The van der Waals surface area contributed by atoms with Crippen LogP contribution >= 0.6 is 0 Å². The molecule has 0 aliphatic rings. The predicted molar refractivity (Wildman–Crippen MR) is 59.0 cm³/mol. The number of benzene rings is 1. The monoisotopic (exact) mass is 277 g/mol. The molecule has 0 aliphatic carbocycles. The number of carbonyl (C=O) groups is 2. The maximum Gasteiger partial charge on any atom is 0.573 e. The molecule has 0 bridgehead atoms. The number of para-hydroxylation sites is 2. The largest absolute Gasteiger partial charge is 0.573 e. The van der Waals surface area contributed by atoms with Gasteiger partial charge in [0.2, 0.25) is 6.41 Å². The third-order valence-electron chi connectivity index (χ3n) is 1.80. The molecule has 0 aliphatic heterocycles. The third-order valence-corrected chi connectivity index (χ3v) is 1.80. The Labute approximate surface area is 105 Å². The van der Waals surface area contributed by atoms with Gasteiger partial charge in [-0.25, -0.2) is 0 Å². The van der Waals surface area contributed by atoms with E-state index in [1.54, 1.807) is 0 Å². The lowest BCUT2D eigenvalue weighted by atomic mass is 10.3. The average molecular weight is 277 g/mol. The number of hydrazine groups is 1. The molecule has 104 valence electrons. The zero-order valence-corrected chi connectivity index (χ0v) is 9.45. The van der Waals surface area contributed by atoms with Crippen LogP contribution < -0.4 is 20.9 Å². The van der Waals surface area contributed by atoms with E-state index in [1.807, 2.05) is 0 Å². The molecule has 0 fully saturated rings. The first kappa shape index (κ1) is 14.6. The second-order valence-corrected chi connectivity index (χ2v) is 3.22. The topological polar surface area (TPSA) is 79.5 Å². The standard InChI is InChI=1S/C10H10F3N3O3/c11-10(12,13)19-8-4-2-1-3-7(8)15-16-9(18)5-14-6-17/h1-4,6,15H,5H2,(H,14,17)(H,16,18). The second-order valence-electron chi connectivity index (χ2n) is 3.22. The SMILES string of the molecule is O=CNCC(=O)NNc1ccccc1OC(F)(F)F. The molecule has 0 saturated heterocycles. The van der Waals surface area contributed by atoms with Crippen LogP contribution in [0.3, 0.4) is 0 Å². The number of carbonyl (C=O) groups excluding carboxylic acids is 2. The summed E-state index contributed by atoms with van der Waals surface area (Å²) in [6.45, 7) is -0.307. The van der Waals surface area contributed by atoms with Crippen molar-refractivity contribution in [2.75, 3.05) is 12.0 Å². The van der Waals surface area contributed by atoms with Crippen LogP contribution in [-0.2, 0) is 9.59 Å². The number of hydrogen-bond acceptors (Lipinski definition) is 4. The number of anilines is 1. The minimum Gasteiger partial charge on any atom is -0.404 e. The van der Waals surface area contributed by atoms with E-state index >= 15 is 0 Å². The molecule has 0 heterocycles. The Morgan fingerprint density at radius 3 is 2.63 bits per heavy atom. The number of hydrogen-bond donors (Lipinski definition) is 3. The van der Waals surface area contributed by atoms with Crippen molar-refractivity contribution in [2.24, 2.45) is 0 Å². The highest BCUT2D eigenvalue weighted by molar-refractivity contribution is 5.81. The van der Waals surface area contributed by atoms with E-state index in [2.05, 4.69) is 20.9 Å². The van der Waals surface area contributed by atoms with Gasteiger partial charge in [0.15, 0.2) is 5.75 Å². The van der Waals surface area contributed by atoms with Gasteiger partial charge in [0.25, 0.3) is 5.91 Å². The fourth-order valence-corrected chi connectivity index (χ4v) is 1.10. The van der Waals surface area contributed by atoms with Crippen LogP contribution in [0, 0.1) is 0 Å². The van der Waals surface area contributed by atoms with E-state index in [-0.39, 0.29) is 12.2 Å². The zero-order chi connectivity index (χ0) is 14.3. The van der Waals surface area contributed by atoms with Crippen molar-refractivity contribution in [3.63, 3.8) is 0 Å². The van der Waals surface area contributed by atoms with Gasteiger partial charge >= 0.3 is 6.36 Å². The van der Waals surface area contributed by atoms with Gasteiger partial charge in [-0.2, -0.15) is 0 Å². The van der Waals surface area contributed by atoms with E-state index in [0.717, 1.165) is 6.07 Å². The Balaban J connectivity index is 2.62. The van der Waals surface area contributed by atoms with Gasteiger partial charge in [-0.3, -0.25) is 20.4 Å². The van der Waals surface area contributed by atoms with Gasteiger partial charge in [0.1, 0.15) is 0 Å². The summed E-state index contributed by atoms with van der Waals surface area (Å²) in [4.78, 5) is 21.1. The van der Waals surface area contributed by atoms with E-state index in [0.29, 0.717) is 6.41 Å². The Bertz CT molecular complexity index is 451. The number of ether oxygens (including phenoxy) is 1. The summed E-state index contributed by atoms with van der Waals surface area (Å²) in [6, 6.07) is 5.18. The third kappa shape index (κ3) is 5.61. The number of alkyl halides is 3. The predicted octanol–water partition coefficient (Wildman–Crippen LogP) is 0.774. The molecule has 9 heteroatoms. The molecule has 0 atom stereocenters. The van der Waals surface area contributed by atoms with Gasteiger partial charge in [0.05, 0.1) is 12.2 Å². The summed E-state index contributed by atoms with van der Waals surface area (Å²) in [6.07, 6.45) is -4.51. The molecule has 0 spiro atoms.